The predicted molar refractivity (Wildman–Crippen MR) is 52.5 cm³/mol. The van der Waals surface area contributed by atoms with Gasteiger partial charge in [0.2, 0.25) is 0 Å². The first-order chi connectivity index (χ1) is 6.24. The third-order valence-electron chi connectivity index (χ3n) is 1.97. The van der Waals surface area contributed by atoms with Gasteiger partial charge in [0.15, 0.2) is 0 Å². The number of nitrogen functional groups attached to an aromatic ring is 1. The lowest BCUT2D eigenvalue weighted by Gasteiger charge is -2.03. The molecule has 3 nitrogen and oxygen atoms in total. The van der Waals surface area contributed by atoms with E-state index in [0.717, 1.165) is 24.8 Å². The first-order valence-electron chi connectivity index (χ1n) is 4.42. The molecule has 0 aliphatic rings. The highest BCUT2D eigenvalue weighted by Crippen LogP contribution is 2.21. The predicted octanol–water partition coefficient (Wildman–Crippen LogP) is 1.29. The number of benzene rings is 1. The molecule has 72 valence electrons. The van der Waals surface area contributed by atoms with Crippen LogP contribution in [0.4, 0.5) is 5.69 Å². The standard InChI is InChI=1S/C10H15NO2/c11-9-5-4-8(7-10(9)13)3-1-2-6-12/h4-5,7,12-13H,1-3,6,11H2. The van der Waals surface area contributed by atoms with Crippen molar-refractivity contribution in [3.8, 4) is 5.75 Å². The lowest BCUT2D eigenvalue weighted by molar-refractivity contribution is 0.284. The summed E-state index contributed by atoms with van der Waals surface area (Å²) in [5.41, 5.74) is 6.92. The SMILES string of the molecule is Nc1ccc(CCCCO)cc1O. The Morgan fingerprint density at radius 2 is 2.00 bits per heavy atom. The van der Waals surface area contributed by atoms with Gasteiger partial charge in [0.25, 0.3) is 0 Å². The molecule has 0 aliphatic carbocycles. The molecule has 0 saturated carbocycles. The topological polar surface area (TPSA) is 66.5 Å². The zero-order chi connectivity index (χ0) is 9.68. The molecule has 3 heteroatoms. The number of aliphatic hydroxyl groups is 1. The fourth-order valence-electron chi connectivity index (χ4n) is 1.19. The first-order valence-corrected chi connectivity index (χ1v) is 4.42. The average molecular weight is 181 g/mol. The molecule has 0 bridgehead atoms. The van der Waals surface area contributed by atoms with Gasteiger partial charge >= 0.3 is 0 Å². The number of anilines is 1. The van der Waals surface area contributed by atoms with Crippen LogP contribution in [0.5, 0.6) is 5.75 Å². The highest BCUT2D eigenvalue weighted by atomic mass is 16.3. The minimum Gasteiger partial charge on any atom is -0.506 e. The van der Waals surface area contributed by atoms with Crippen LogP contribution >= 0.6 is 0 Å². The maximum absolute atomic E-state index is 9.28. The largest absolute Gasteiger partial charge is 0.506 e. The Balaban J connectivity index is 2.53. The van der Waals surface area contributed by atoms with Crippen LogP contribution < -0.4 is 5.73 Å². The molecular weight excluding hydrogens is 166 g/mol. The van der Waals surface area contributed by atoms with Crippen molar-refractivity contribution < 1.29 is 10.2 Å². The van der Waals surface area contributed by atoms with E-state index in [2.05, 4.69) is 0 Å². The summed E-state index contributed by atoms with van der Waals surface area (Å²) < 4.78 is 0. The normalized spacial score (nSPS) is 10.2. The van der Waals surface area contributed by atoms with Gasteiger partial charge in [0.1, 0.15) is 5.75 Å². The van der Waals surface area contributed by atoms with Crippen molar-refractivity contribution in [1.29, 1.82) is 0 Å². The summed E-state index contributed by atoms with van der Waals surface area (Å²) in [6.45, 7) is 0.223. The fraction of sp³-hybridized carbons (Fsp3) is 0.400. The first kappa shape index (κ1) is 9.86. The Kier molecular flexibility index (Phi) is 3.58. The highest BCUT2D eigenvalue weighted by molar-refractivity contribution is 5.52. The Bertz CT molecular complexity index is 274. The van der Waals surface area contributed by atoms with Crippen LogP contribution in [-0.2, 0) is 6.42 Å². The molecule has 1 rings (SSSR count). The average Bonchev–Trinajstić information content (AvgIpc) is 2.12. The minimum absolute atomic E-state index is 0.140. The van der Waals surface area contributed by atoms with Gasteiger partial charge in [0, 0.05) is 6.61 Å². The molecule has 0 unspecified atom stereocenters. The van der Waals surface area contributed by atoms with Crippen LogP contribution in [0.3, 0.4) is 0 Å². The van der Waals surface area contributed by atoms with E-state index < -0.39 is 0 Å². The quantitative estimate of drug-likeness (QED) is 0.372. The van der Waals surface area contributed by atoms with Crippen molar-refractivity contribution in [2.75, 3.05) is 12.3 Å². The summed E-state index contributed by atoms with van der Waals surface area (Å²) in [6, 6.07) is 5.27. The van der Waals surface area contributed by atoms with E-state index in [-0.39, 0.29) is 12.4 Å². The van der Waals surface area contributed by atoms with Crippen LogP contribution in [0.1, 0.15) is 18.4 Å². The molecular formula is C10H15NO2. The van der Waals surface area contributed by atoms with Crippen molar-refractivity contribution in [3.63, 3.8) is 0 Å². The molecule has 0 atom stereocenters. The summed E-state index contributed by atoms with van der Waals surface area (Å²) in [4.78, 5) is 0. The molecule has 13 heavy (non-hydrogen) atoms. The maximum atomic E-state index is 9.28. The fourth-order valence-corrected chi connectivity index (χ4v) is 1.19. The van der Waals surface area contributed by atoms with Gasteiger partial charge < -0.3 is 15.9 Å². The zero-order valence-corrected chi connectivity index (χ0v) is 7.53. The number of aryl methyl sites for hydroxylation is 1. The van der Waals surface area contributed by atoms with Crippen molar-refractivity contribution in [2.45, 2.75) is 19.3 Å². The van der Waals surface area contributed by atoms with E-state index in [9.17, 15) is 5.11 Å². The summed E-state index contributed by atoms with van der Waals surface area (Å²) >= 11 is 0. The van der Waals surface area contributed by atoms with Crippen molar-refractivity contribution >= 4 is 5.69 Å². The molecule has 0 spiro atoms. The number of unbranched alkanes of at least 4 members (excludes halogenated alkanes) is 1. The van der Waals surface area contributed by atoms with Crippen molar-refractivity contribution in [2.24, 2.45) is 0 Å². The molecule has 1 aromatic rings. The van der Waals surface area contributed by atoms with Crippen molar-refractivity contribution in [1.82, 2.24) is 0 Å². The van der Waals surface area contributed by atoms with Gasteiger partial charge in [-0.2, -0.15) is 0 Å². The summed E-state index contributed by atoms with van der Waals surface area (Å²) in [5, 5.41) is 17.9. The summed E-state index contributed by atoms with van der Waals surface area (Å²) in [5.74, 6) is 0.140. The smallest absolute Gasteiger partial charge is 0.138 e. The van der Waals surface area contributed by atoms with Crippen LogP contribution in [0.15, 0.2) is 18.2 Å². The van der Waals surface area contributed by atoms with Crippen LogP contribution in [0.2, 0.25) is 0 Å². The molecule has 0 amide bonds. The number of phenols is 1. The van der Waals surface area contributed by atoms with E-state index >= 15 is 0 Å². The van der Waals surface area contributed by atoms with Gasteiger partial charge in [-0.25, -0.2) is 0 Å². The van der Waals surface area contributed by atoms with E-state index in [1.807, 2.05) is 6.07 Å². The van der Waals surface area contributed by atoms with Crippen LogP contribution in [-0.4, -0.2) is 16.8 Å². The third-order valence-corrected chi connectivity index (χ3v) is 1.97. The Labute approximate surface area is 77.8 Å². The number of aliphatic hydroxyl groups excluding tert-OH is 1. The second-order valence-corrected chi connectivity index (χ2v) is 3.07. The minimum atomic E-state index is 0.140. The molecule has 0 saturated heterocycles. The Morgan fingerprint density at radius 3 is 2.62 bits per heavy atom. The number of rotatable bonds is 4. The molecule has 0 heterocycles. The highest BCUT2D eigenvalue weighted by Gasteiger charge is 1.98. The molecule has 1 aromatic carbocycles. The summed E-state index contributed by atoms with van der Waals surface area (Å²) in [7, 11) is 0. The monoisotopic (exact) mass is 181 g/mol. The van der Waals surface area contributed by atoms with Gasteiger partial charge in [-0.3, -0.25) is 0 Å². The zero-order valence-electron chi connectivity index (χ0n) is 7.53. The number of hydrogen-bond donors (Lipinski definition) is 3. The van der Waals surface area contributed by atoms with Gasteiger partial charge in [-0.1, -0.05) is 6.07 Å². The van der Waals surface area contributed by atoms with Crippen LogP contribution in [0, 0.1) is 0 Å². The van der Waals surface area contributed by atoms with Crippen molar-refractivity contribution in [3.05, 3.63) is 23.8 Å². The Morgan fingerprint density at radius 1 is 1.23 bits per heavy atom. The molecule has 0 aromatic heterocycles. The van der Waals surface area contributed by atoms with Gasteiger partial charge in [-0.05, 0) is 37.0 Å². The molecule has 4 N–H and O–H groups in total. The van der Waals surface area contributed by atoms with Gasteiger partial charge in [0.05, 0.1) is 5.69 Å². The number of nitrogens with two attached hydrogens (primary N) is 1. The Hall–Kier alpha value is -1.22. The second kappa shape index (κ2) is 4.72. The number of hydrogen-bond acceptors (Lipinski definition) is 3. The molecule has 0 radical (unpaired) electrons. The number of aromatic hydroxyl groups is 1. The summed E-state index contributed by atoms with van der Waals surface area (Å²) in [6.07, 6.45) is 2.60. The number of phenolic OH excluding ortho intramolecular Hbond substituents is 1. The van der Waals surface area contributed by atoms with E-state index in [4.69, 9.17) is 10.8 Å². The molecule has 0 aliphatic heterocycles. The third kappa shape index (κ3) is 2.95. The maximum Gasteiger partial charge on any atom is 0.138 e. The molecule has 0 fully saturated rings. The van der Waals surface area contributed by atoms with Crippen LogP contribution in [0.25, 0.3) is 0 Å². The van der Waals surface area contributed by atoms with E-state index in [0.29, 0.717) is 5.69 Å². The van der Waals surface area contributed by atoms with E-state index in [1.54, 1.807) is 12.1 Å². The lowest BCUT2D eigenvalue weighted by Crippen LogP contribution is -1.91. The second-order valence-electron chi connectivity index (χ2n) is 3.07. The van der Waals surface area contributed by atoms with E-state index in [1.165, 1.54) is 0 Å². The lowest BCUT2D eigenvalue weighted by atomic mass is 10.1. The van der Waals surface area contributed by atoms with Gasteiger partial charge in [-0.15, -0.1) is 0 Å².